The van der Waals surface area contributed by atoms with Crippen molar-refractivity contribution in [1.82, 2.24) is 5.32 Å². The zero-order valence-corrected chi connectivity index (χ0v) is 11.5. The van der Waals surface area contributed by atoms with Gasteiger partial charge in [-0.05, 0) is 55.3 Å². The zero-order valence-electron chi connectivity index (χ0n) is 10.7. The van der Waals surface area contributed by atoms with Gasteiger partial charge in [0.1, 0.15) is 0 Å². The molecule has 2 rings (SSSR count). The SMILES string of the molecule is CCNC(Cc1ccc(Cl)cc1)C(C)C1CC1. The van der Waals surface area contributed by atoms with Crippen LogP contribution in [0, 0.1) is 11.8 Å². The van der Waals surface area contributed by atoms with Crippen molar-refractivity contribution >= 4 is 11.6 Å². The van der Waals surface area contributed by atoms with Crippen LogP contribution in [-0.2, 0) is 6.42 Å². The number of hydrogen-bond acceptors (Lipinski definition) is 1. The zero-order chi connectivity index (χ0) is 12.3. The van der Waals surface area contributed by atoms with Crippen molar-refractivity contribution in [2.75, 3.05) is 6.54 Å². The van der Waals surface area contributed by atoms with E-state index in [9.17, 15) is 0 Å². The number of benzene rings is 1. The third-order valence-electron chi connectivity index (χ3n) is 3.84. The molecule has 0 bridgehead atoms. The normalized spacial score (nSPS) is 19.0. The van der Waals surface area contributed by atoms with E-state index in [-0.39, 0.29) is 0 Å². The fourth-order valence-corrected chi connectivity index (χ4v) is 2.66. The average molecular weight is 252 g/mol. The molecule has 0 aliphatic heterocycles. The molecule has 1 aliphatic carbocycles. The summed E-state index contributed by atoms with van der Waals surface area (Å²) in [7, 11) is 0. The highest BCUT2D eigenvalue weighted by atomic mass is 35.5. The fraction of sp³-hybridized carbons (Fsp3) is 0.600. The van der Waals surface area contributed by atoms with Crippen LogP contribution in [-0.4, -0.2) is 12.6 Å². The molecule has 1 nitrogen and oxygen atoms in total. The molecule has 2 heteroatoms. The van der Waals surface area contributed by atoms with E-state index in [4.69, 9.17) is 11.6 Å². The minimum atomic E-state index is 0.605. The molecular weight excluding hydrogens is 230 g/mol. The molecule has 1 fully saturated rings. The monoisotopic (exact) mass is 251 g/mol. The van der Waals surface area contributed by atoms with Gasteiger partial charge in [-0.1, -0.05) is 37.6 Å². The van der Waals surface area contributed by atoms with Gasteiger partial charge in [0.2, 0.25) is 0 Å². The van der Waals surface area contributed by atoms with Crippen molar-refractivity contribution in [2.24, 2.45) is 11.8 Å². The summed E-state index contributed by atoms with van der Waals surface area (Å²) in [5, 5.41) is 4.46. The van der Waals surface area contributed by atoms with Gasteiger partial charge >= 0.3 is 0 Å². The third kappa shape index (κ3) is 3.72. The van der Waals surface area contributed by atoms with Gasteiger partial charge in [0.15, 0.2) is 0 Å². The van der Waals surface area contributed by atoms with Crippen LogP contribution in [0.5, 0.6) is 0 Å². The fourth-order valence-electron chi connectivity index (χ4n) is 2.53. The highest BCUT2D eigenvalue weighted by Gasteiger charge is 2.32. The summed E-state index contributed by atoms with van der Waals surface area (Å²) in [6, 6.07) is 8.87. The van der Waals surface area contributed by atoms with Crippen molar-refractivity contribution in [1.29, 1.82) is 0 Å². The van der Waals surface area contributed by atoms with E-state index in [1.54, 1.807) is 0 Å². The number of halogens is 1. The van der Waals surface area contributed by atoms with Gasteiger partial charge in [-0.3, -0.25) is 0 Å². The van der Waals surface area contributed by atoms with Crippen molar-refractivity contribution in [3.8, 4) is 0 Å². The van der Waals surface area contributed by atoms with Crippen LogP contribution in [0.2, 0.25) is 5.02 Å². The van der Waals surface area contributed by atoms with Crippen LogP contribution in [0.15, 0.2) is 24.3 Å². The van der Waals surface area contributed by atoms with Crippen LogP contribution >= 0.6 is 11.6 Å². The Morgan fingerprint density at radius 1 is 1.29 bits per heavy atom. The summed E-state index contributed by atoms with van der Waals surface area (Å²) in [5.41, 5.74) is 1.38. The molecule has 1 N–H and O–H groups in total. The van der Waals surface area contributed by atoms with E-state index in [1.807, 2.05) is 12.1 Å². The molecular formula is C15H22ClN. The van der Waals surface area contributed by atoms with E-state index in [1.165, 1.54) is 18.4 Å². The first-order chi connectivity index (χ1) is 8.20. The minimum Gasteiger partial charge on any atom is -0.314 e. The van der Waals surface area contributed by atoms with Gasteiger partial charge in [0, 0.05) is 11.1 Å². The topological polar surface area (TPSA) is 12.0 Å². The Kier molecular flexibility index (Phi) is 4.47. The predicted molar refractivity (Wildman–Crippen MR) is 74.5 cm³/mol. The number of likely N-dealkylation sites (N-methyl/N-ethyl adjacent to an activating group) is 1. The molecule has 1 saturated carbocycles. The van der Waals surface area contributed by atoms with E-state index < -0.39 is 0 Å². The lowest BCUT2D eigenvalue weighted by Crippen LogP contribution is -2.37. The minimum absolute atomic E-state index is 0.605. The second-order valence-corrected chi connectivity index (χ2v) is 5.63. The molecule has 0 radical (unpaired) electrons. The van der Waals surface area contributed by atoms with Crippen LogP contribution in [0.1, 0.15) is 32.3 Å². The van der Waals surface area contributed by atoms with Crippen molar-refractivity contribution in [2.45, 2.75) is 39.2 Å². The molecule has 0 saturated heterocycles. The maximum Gasteiger partial charge on any atom is 0.0406 e. The first-order valence-electron chi connectivity index (χ1n) is 6.68. The summed E-state index contributed by atoms with van der Waals surface area (Å²) < 4.78 is 0. The Bertz CT molecular complexity index is 342. The summed E-state index contributed by atoms with van der Waals surface area (Å²) in [4.78, 5) is 0. The lowest BCUT2D eigenvalue weighted by Gasteiger charge is -2.25. The Morgan fingerprint density at radius 3 is 2.47 bits per heavy atom. The Hall–Kier alpha value is -0.530. The van der Waals surface area contributed by atoms with Crippen molar-refractivity contribution in [3.63, 3.8) is 0 Å². The van der Waals surface area contributed by atoms with Crippen molar-refractivity contribution < 1.29 is 0 Å². The second kappa shape index (κ2) is 5.88. The van der Waals surface area contributed by atoms with Gasteiger partial charge in [-0.2, -0.15) is 0 Å². The quantitative estimate of drug-likeness (QED) is 0.809. The van der Waals surface area contributed by atoms with Gasteiger partial charge in [-0.25, -0.2) is 0 Å². The Labute approximate surface area is 110 Å². The smallest absolute Gasteiger partial charge is 0.0406 e. The van der Waals surface area contributed by atoms with Crippen LogP contribution in [0.4, 0.5) is 0 Å². The highest BCUT2D eigenvalue weighted by molar-refractivity contribution is 6.30. The molecule has 1 aromatic carbocycles. The number of hydrogen-bond donors (Lipinski definition) is 1. The summed E-state index contributed by atoms with van der Waals surface area (Å²) in [5.74, 6) is 1.73. The second-order valence-electron chi connectivity index (χ2n) is 5.19. The molecule has 1 aliphatic rings. The number of nitrogens with one attached hydrogen (secondary N) is 1. The number of rotatable bonds is 6. The molecule has 17 heavy (non-hydrogen) atoms. The van der Waals surface area contributed by atoms with Gasteiger partial charge in [0.05, 0.1) is 0 Å². The maximum atomic E-state index is 5.92. The van der Waals surface area contributed by atoms with Gasteiger partial charge in [0.25, 0.3) is 0 Å². The van der Waals surface area contributed by atoms with Crippen LogP contribution in [0.3, 0.4) is 0 Å². The lowest BCUT2D eigenvalue weighted by atomic mass is 9.91. The molecule has 2 atom stereocenters. The molecule has 0 aromatic heterocycles. The van der Waals surface area contributed by atoms with Crippen LogP contribution < -0.4 is 5.32 Å². The molecule has 1 aromatic rings. The Balaban J connectivity index is 1.98. The van der Waals surface area contributed by atoms with E-state index >= 15 is 0 Å². The molecule has 0 spiro atoms. The predicted octanol–water partition coefficient (Wildman–Crippen LogP) is 3.91. The maximum absolute atomic E-state index is 5.92. The van der Waals surface area contributed by atoms with Crippen LogP contribution in [0.25, 0.3) is 0 Å². The van der Waals surface area contributed by atoms with Crippen molar-refractivity contribution in [3.05, 3.63) is 34.9 Å². The summed E-state index contributed by atoms with van der Waals surface area (Å²) in [6.45, 7) is 5.63. The average Bonchev–Trinajstić information content (AvgIpc) is 3.14. The first-order valence-corrected chi connectivity index (χ1v) is 7.06. The molecule has 2 unspecified atom stereocenters. The largest absolute Gasteiger partial charge is 0.314 e. The standard InChI is InChI=1S/C15H22ClN/c1-3-17-15(11(2)13-6-7-13)10-12-4-8-14(16)9-5-12/h4-5,8-9,11,13,15,17H,3,6-7,10H2,1-2H3. The molecule has 94 valence electrons. The summed E-state index contributed by atoms with van der Waals surface area (Å²) >= 11 is 5.92. The van der Waals surface area contributed by atoms with Gasteiger partial charge in [-0.15, -0.1) is 0 Å². The molecule has 0 heterocycles. The first kappa shape index (κ1) is 12.9. The Morgan fingerprint density at radius 2 is 1.94 bits per heavy atom. The van der Waals surface area contributed by atoms with E-state index in [0.29, 0.717) is 6.04 Å². The highest BCUT2D eigenvalue weighted by Crippen LogP contribution is 2.38. The van der Waals surface area contributed by atoms with E-state index in [0.717, 1.165) is 29.8 Å². The molecule has 0 amide bonds. The lowest BCUT2D eigenvalue weighted by molar-refractivity contribution is 0.344. The summed E-state index contributed by atoms with van der Waals surface area (Å²) in [6.07, 6.45) is 3.95. The van der Waals surface area contributed by atoms with Gasteiger partial charge < -0.3 is 5.32 Å². The van der Waals surface area contributed by atoms with E-state index in [2.05, 4.69) is 31.3 Å². The third-order valence-corrected chi connectivity index (χ3v) is 4.09.